The lowest BCUT2D eigenvalue weighted by Gasteiger charge is -2.18. The highest BCUT2D eigenvalue weighted by Crippen LogP contribution is 2.31. The summed E-state index contributed by atoms with van der Waals surface area (Å²) in [6, 6.07) is 10.7. The fraction of sp³-hybridized carbons (Fsp3) is 0.240. The topological polar surface area (TPSA) is 77.4 Å². The highest BCUT2D eigenvalue weighted by molar-refractivity contribution is 6.39. The number of hydrogen-bond donors (Lipinski definition) is 1. The third-order valence-corrected chi connectivity index (χ3v) is 6.21. The van der Waals surface area contributed by atoms with Crippen LogP contribution in [0.3, 0.4) is 0 Å². The molecule has 1 amide bonds. The van der Waals surface area contributed by atoms with Gasteiger partial charge < -0.3 is 14.6 Å². The molecule has 1 N–H and O–H groups in total. The van der Waals surface area contributed by atoms with Gasteiger partial charge in [0.15, 0.2) is 0 Å². The highest BCUT2D eigenvalue weighted by Gasteiger charge is 2.34. The monoisotopic (exact) mass is 540 g/mol. The summed E-state index contributed by atoms with van der Waals surface area (Å²) in [7, 11) is 2.24. The zero-order valence-electron chi connectivity index (χ0n) is 19.4. The van der Waals surface area contributed by atoms with E-state index in [-0.39, 0.29) is 33.2 Å². The van der Waals surface area contributed by atoms with Gasteiger partial charge in [-0.1, -0.05) is 53.5 Å². The van der Waals surface area contributed by atoms with Crippen LogP contribution in [0.5, 0.6) is 0 Å². The van der Waals surface area contributed by atoms with Crippen LogP contribution in [0.1, 0.15) is 27.2 Å². The number of amides is 1. The second kappa shape index (κ2) is 10.8. The Kier molecular flexibility index (Phi) is 8.15. The van der Waals surface area contributed by atoms with E-state index in [1.165, 1.54) is 26.2 Å². The molecule has 0 spiro atoms. The second-order valence-electron chi connectivity index (χ2n) is 8.00. The van der Waals surface area contributed by atoms with Crippen molar-refractivity contribution in [2.24, 2.45) is 7.05 Å². The first-order chi connectivity index (χ1) is 16.8. The zero-order chi connectivity index (χ0) is 26.8. The van der Waals surface area contributed by atoms with Crippen LogP contribution in [0, 0.1) is 6.92 Å². The zero-order valence-corrected chi connectivity index (χ0v) is 20.9. The molecule has 36 heavy (non-hydrogen) atoms. The maximum atomic E-state index is 13.2. The van der Waals surface area contributed by atoms with Crippen LogP contribution < -0.4 is 10.9 Å². The molecule has 1 atom stereocenters. The predicted molar refractivity (Wildman–Crippen MR) is 130 cm³/mol. The van der Waals surface area contributed by atoms with Gasteiger partial charge in [0.05, 0.1) is 28.3 Å². The molecule has 190 valence electrons. The first kappa shape index (κ1) is 27.3. The average molecular weight is 541 g/mol. The van der Waals surface area contributed by atoms with Crippen molar-refractivity contribution in [3.63, 3.8) is 0 Å². The summed E-state index contributed by atoms with van der Waals surface area (Å²) in [6.07, 6.45) is -4.63. The van der Waals surface area contributed by atoms with Crippen molar-refractivity contribution < 1.29 is 27.5 Å². The van der Waals surface area contributed by atoms with Gasteiger partial charge in [-0.2, -0.15) is 13.2 Å². The number of benzene rings is 2. The van der Waals surface area contributed by atoms with Crippen molar-refractivity contribution in [1.82, 2.24) is 9.88 Å². The molecule has 1 aromatic heterocycles. The molecule has 6 nitrogen and oxygen atoms in total. The predicted octanol–water partition coefficient (Wildman–Crippen LogP) is 5.20. The molecular formula is C25H21Cl2F3N2O4. The maximum Gasteiger partial charge on any atom is 0.431 e. The summed E-state index contributed by atoms with van der Waals surface area (Å²) in [5.41, 5.74) is -0.503. The van der Waals surface area contributed by atoms with E-state index >= 15 is 0 Å². The van der Waals surface area contributed by atoms with Crippen LogP contribution >= 0.6 is 23.2 Å². The molecule has 0 aliphatic rings. The molecule has 11 heteroatoms. The van der Waals surface area contributed by atoms with E-state index in [2.05, 4.69) is 5.32 Å². The Balaban J connectivity index is 1.88. The molecule has 0 aliphatic heterocycles. The molecule has 2 aromatic carbocycles. The van der Waals surface area contributed by atoms with Crippen molar-refractivity contribution in [2.45, 2.75) is 25.6 Å². The third-order valence-electron chi connectivity index (χ3n) is 5.58. The summed E-state index contributed by atoms with van der Waals surface area (Å²) in [4.78, 5) is 37.8. The van der Waals surface area contributed by atoms with E-state index in [0.29, 0.717) is 15.7 Å². The molecule has 0 fully saturated rings. The molecule has 0 aliphatic carbocycles. The number of nitrogens with zero attached hydrogens (tertiary/aromatic N) is 1. The van der Waals surface area contributed by atoms with E-state index in [1.54, 1.807) is 30.3 Å². The molecule has 0 bridgehead atoms. The number of ether oxygens (including phenoxy) is 1. The average Bonchev–Trinajstić information content (AvgIpc) is 2.80. The summed E-state index contributed by atoms with van der Waals surface area (Å²) >= 11 is 12.2. The Morgan fingerprint density at radius 3 is 2.19 bits per heavy atom. The Morgan fingerprint density at radius 1 is 1.08 bits per heavy atom. The van der Waals surface area contributed by atoms with Crippen LogP contribution in [-0.2, 0) is 29.2 Å². The van der Waals surface area contributed by atoms with Gasteiger partial charge in [-0.25, -0.2) is 4.79 Å². The lowest BCUT2D eigenvalue weighted by atomic mass is 9.98. The van der Waals surface area contributed by atoms with Crippen molar-refractivity contribution >= 4 is 35.1 Å². The van der Waals surface area contributed by atoms with Gasteiger partial charge in [-0.3, -0.25) is 9.59 Å². The molecule has 0 saturated heterocycles. The first-order valence-electron chi connectivity index (χ1n) is 10.5. The van der Waals surface area contributed by atoms with Gasteiger partial charge >= 0.3 is 12.1 Å². The quantitative estimate of drug-likeness (QED) is 0.436. The first-order valence-corrected chi connectivity index (χ1v) is 11.3. The van der Waals surface area contributed by atoms with E-state index in [4.69, 9.17) is 27.9 Å². The fourth-order valence-electron chi connectivity index (χ4n) is 3.77. The van der Waals surface area contributed by atoms with Gasteiger partial charge in [0.25, 0.3) is 11.5 Å². The lowest BCUT2D eigenvalue weighted by Crippen LogP contribution is -2.43. The highest BCUT2D eigenvalue weighted by atomic mass is 35.5. The van der Waals surface area contributed by atoms with Crippen LogP contribution in [0.25, 0.3) is 11.1 Å². The van der Waals surface area contributed by atoms with Gasteiger partial charge in [0.1, 0.15) is 11.7 Å². The molecule has 0 saturated carbocycles. The van der Waals surface area contributed by atoms with Crippen molar-refractivity contribution in [3.8, 4) is 11.1 Å². The number of carbonyl (C=O) groups excluding carboxylic acids is 2. The van der Waals surface area contributed by atoms with Crippen molar-refractivity contribution in [1.29, 1.82) is 0 Å². The summed E-state index contributed by atoms with van der Waals surface area (Å²) in [6.45, 7) is 1.43. The smallest absolute Gasteiger partial charge is 0.431 e. The van der Waals surface area contributed by atoms with Crippen LogP contribution in [0.15, 0.2) is 53.3 Å². The Morgan fingerprint density at radius 2 is 1.67 bits per heavy atom. The van der Waals surface area contributed by atoms with Crippen molar-refractivity contribution in [3.05, 3.63) is 91.3 Å². The summed E-state index contributed by atoms with van der Waals surface area (Å²) < 4.78 is 45.0. The number of halogens is 5. The minimum absolute atomic E-state index is 0.0127. The van der Waals surface area contributed by atoms with E-state index in [1.807, 2.05) is 0 Å². The minimum atomic E-state index is -4.66. The number of pyridine rings is 1. The Labute approximate surface area is 214 Å². The number of nitrogens with one attached hydrogen (secondary N) is 1. The van der Waals surface area contributed by atoms with Gasteiger partial charge in [0.2, 0.25) is 0 Å². The number of carbonyl (C=O) groups is 2. The Bertz CT molecular complexity index is 1350. The normalized spacial score (nSPS) is 12.2. The summed E-state index contributed by atoms with van der Waals surface area (Å²) in [5, 5.41) is 2.79. The number of methoxy groups -OCH3 is 1. The van der Waals surface area contributed by atoms with Gasteiger partial charge in [-0.15, -0.1) is 0 Å². The number of hydrogen-bond acceptors (Lipinski definition) is 4. The number of aryl methyl sites for hydroxylation is 1. The standard InChI is InChI=1S/C25H21Cl2F3N2O4/c1-13-11-19(25(28,29)30)32(2)23(34)20(13)15-9-7-14(8-10-15)12-18(24(35)36-3)31-22(33)21-16(26)5-4-6-17(21)27/h4-11,18H,12H2,1-3H3,(H,31,33)/t18-/m0/s1. The van der Waals surface area contributed by atoms with E-state index in [0.717, 1.165) is 13.1 Å². The molecule has 1 heterocycles. The SMILES string of the molecule is COC(=O)[C@H](Cc1ccc(-c2c(C)cc(C(F)(F)F)n(C)c2=O)cc1)NC(=O)c1c(Cl)cccc1Cl. The minimum Gasteiger partial charge on any atom is -0.467 e. The molecule has 0 radical (unpaired) electrons. The number of aromatic nitrogens is 1. The lowest BCUT2D eigenvalue weighted by molar-refractivity contribution is -0.144. The van der Waals surface area contributed by atoms with E-state index < -0.39 is 35.3 Å². The second-order valence-corrected chi connectivity index (χ2v) is 8.81. The molecular weight excluding hydrogens is 520 g/mol. The van der Waals surface area contributed by atoms with Gasteiger partial charge in [-0.05, 0) is 41.8 Å². The Hall–Kier alpha value is -3.30. The third kappa shape index (κ3) is 5.74. The molecule has 3 aromatic rings. The van der Waals surface area contributed by atoms with Crippen LogP contribution in [0.2, 0.25) is 10.0 Å². The van der Waals surface area contributed by atoms with Crippen molar-refractivity contribution in [2.75, 3.05) is 7.11 Å². The van der Waals surface area contributed by atoms with Crippen LogP contribution in [-0.4, -0.2) is 29.6 Å². The number of rotatable bonds is 6. The molecule has 3 rings (SSSR count). The molecule has 0 unspecified atom stereocenters. The number of alkyl halides is 3. The fourth-order valence-corrected chi connectivity index (χ4v) is 4.34. The number of esters is 1. The maximum absolute atomic E-state index is 13.2. The summed E-state index contributed by atoms with van der Waals surface area (Å²) in [5.74, 6) is -1.37. The van der Waals surface area contributed by atoms with Crippen LogP contribution in [0.4, 0.5) is 13.2 Å². The van der Waals surface area contributed by atoms with E-state index in [9.17, 15) is 27.6 Å². The largest absolute Gasteiger partial charge is 0.467 e. The van der Waals surface area contributed by atoms with Gasteiger partial charge in [0, 0.05) is 13.5 Å².